The molecule has 0 aromatic heterocycles. The average molecular weight is 213 g/mol. The molecule has 1 aliphatic rings. The third-order valence-electron chi connectivity index (χ3n) is 3.26. The Bertz CT molecular complexity index is 197. The molecule has 2 unspecified atom stereocenters. The summed E-state index contributed by atoms with van der Waals surface area (Å²) in [6.45, 7) is 9.40. The Labute approximate surface area is 94.6 Å². The van der Waals surface area contributed by atoms with E-state index in [1.54, 1.807) is 0 Å². The van der Waals surface area contributed by atoms with Gasteiger partial charge in [0.25, 0.3) is 0 Å². The van der Waals surface area contributed by atoms with Crippen LogP contribution in [-0.4, -0.2) is 17.7 Å². The molecule has 0 amide bonds. The quantitative estimate of drug-likeness (QED) is 0.782. The Morgan fingerprint density at radius 1 is 1.40 bits per heavy atom. The van der Waals surface area contributed by atoms with E-state index in [0.717, 1.165) is 18.9 Å². The zero-order valence-corrected chi connectivity index (χ0v) is 10.8. The smallest absolute Gasteiger partial charge is 0.0598 e. The molecule has 0 spiro atoms. The van der Waals surface area contributed by atoms with Crippen molar-refractivity contribution < 1.29 is 4.74 Å². The summed E-state index contributed by atoms with van der Waals surface area (Å²) in [7, 11) is 0. The van der Waals surface area contributed by atoms with Gasteiger partial charge in [-0.25, -0.2) is 0 Å². The van der Waals surface area contributed by atoms with E-state index in [1.807, 2.05) is 0 Å². The van der Waals surface area contributed by atoms with Crippen LogP contribution in [0.1, 0.15) is 59.8 Å². The van der Waals surface area contributed by atoms with Gasteiger partial charge in [0.1, 0.15) is 0 Å². The highest BCUT2D eigenvalue weighted by molar-refractivity contribution is 4.89. The van der Waals surface area contributed by atoms with Gasteiger partial charge in [-0.2, -0.15) is 0 Å². The van der Waals surface area contributed by atoms with Gasteiger partial charge in [0, 0.05) is 12.1 Å². The van der Waals surface area contributed by atoms with Crippen LogP contribution in [0.3, 0.4) is 0 Å². The van der Waals surface area contributed by atoms with Gasteiger partial charge in [-0.3, -0.25) is 0 Å². The zero-order chi connectivity index (χ0) is 11.5. The fourth-order valence-corrected chi connectivity index (χ4v) is 2.49. The molecular formula is C13H27NO. The van der Waals surface area contributed by atoms with E-state index >= 15 is 0 Å². The molecule has 0 aliphatic heterocycles. The summed E-state index contributed by atoms with van der Waals surface area (Å²) in [5, 5.41) is 0. The molecule has 0 bridgehead atoms. The molecule has 2 atom stereocenters. The SMILES string of the molecule is CC1CCCC(N)(CCOC(C)(C)C)C1. The molecule has 90 valence electrons. The van der Waals surface area contributed by atoms with E-state index in [4.69, 9.17) is 10.5 Å². The lowest BCUT2D eigenvalue weighted by Crippen LogP contribution is -2.45. The van der Waals surface area contributed by atoms with Crippen molar-refractivity contribution >= 4 is 0 Å². The Kier molecular flexibility index (Phi) is 4.19. The molecule has 0 saturated heterocycles. The molecule has 0 heterocycles. The van der Waals surface area contributed by atoms with Crippen molar-refractivity contribution in [1.82, 2.24) is 0 Å². The minimum atomic E-state index is -0.0311. The molecule has 2 N–H and O–H groups in total. The average Bonchev–Trinajstić information content (AvgIpc) is 1.99. The maximum Gasteiger partial charge on any atom is 0.0598 e. The highest BCUT2D eigenvalue weighted by Crippen LogP contribution is 2.32. The fourth-order valence-electron chi connectivity index (χ4n) is 2.49. The van der Waals surface area contributed by atoms with Crippen LogP contribution >= 0.6 is 0 Å². The van der Waals surface area contributed by atoms with Crippen LogP contribution in [0.2, 0.25) is 0 Å². The van der Waals surface area contributed by atoms with E-state index in [-0.39, 0.29) is 11.1 Å². The summed E-state index contributed by atoms with van der Waals surface area (Å²) < 4.78 is 5.75. The normalized spacial score (nSPS) is 33.0. The predicted octanol–water partition coefficient (Wildman–Crippen LogP) is 3.10. The maximum absolute atomic E-state index is 6.40. The Balaban J connectivity index is 2.30. The summed E-state index contributed by atoms with van der Waals surface area (Å²) >= 11 is 0. The van der Waals surface area contributed by atoms with Crippen LogP contribution in [0.4, 0.5) is 0 Å². The second-order valence-corrected chi connectivity index (χ2v) is 6.27. The summed E-state index contributed by atoms with van der Waals surface area (Å²) in [5.74, 6) is 0.790. The van der Waals surface area contributed by atoms with E-state index in [9.17, 15) is 0 Å². The van der Waals surface area contributed by atoms with E-state index in [2.05, 4.69) is 27.7 Å². The van der Waals surface area contributed by atoms with Crippen LogP contribution in [0, 0.1) is 5.92 Å². The first-order valence-corrected chi connectivity index (χ1v) is 6.24. The topological polar surface area (TPSA) is 35.2 Å². The first-order chi connectivity index (χ1) is 6.81. The largest absolute Gasteiger partial charge is 0.376 e. The monoisotopic (exact) mass is 213 g/mol. The summed E-state index contributed by atoms with van der Waals surface area (Å²) in [5.41, 5.74) is 6.41. The van der Waals surface area contributed by atoms with Crippen molar-refractivity contribution in [3.8, 4) is 0 Å². The van der Waals surface area contributed by atoms with Crippen LogP contribution in [-0.2, 0) is 4.74 Å². The third-order valence-corrected chi connectivity index (χ3v) is 3.26. The molecule has 1 fully saturated rings. The second kappa shape index (κ2) is 4.84. The minimum absolute atomic E-state index is 0.0311. The Hall–Kier alpha value is -0.0800. The Morgan fingerprint density at radius 2 is 2.07 bits per heavy atom. The van der Waals surface area contributed by atoms with E-state index < -0.39 is 0 Å². The lowest BCUT2D eigenvalue weighted by Gasteiger charge is -2.37. The molecule has 2 heteroatoms. The van der Waals surface area contributed by atoms with Gasteiger partial charge in [-0.15, -0.1) is 0 Å². The van der Waals surface area contributed by atoms with Gasteiger partial charge in [0.05, 0.1) is 5.60 Å². The van der Waals surface area contributed by atoms with E-state index in [0.29, 0.717) is 0 Å². The lowest BCUT2D eigenvalue weighted by molar-refractivity contribution is -0.0148. The number of hydrogen-bond donors (Lipinski definition) is 1. The molecule has 1 aliphatic carbocycles. The minimum Gasteiger partial charge on any atom is -0.376 e. The van der Waals surface area contributed by atoms with E-state index in [1.165, 1.54) is 25.7 Å². The van der Waals surface area contributed by atoms with Gasteiger partial charge >= 0.3 is 0 Å². The van der Waals surface area contributed by atoms with Crippen LogP contribution in [0.5, 0.6) is 0 Å². The lowest BCUT2D eigenvalue weighted by atomic mass is 9.75. The van der Waals surface area contributed by atoms with Gasteiger partial charge in [0.15, 0.2) is 0 Å². The molecule has 0 aromatic carbocycles. The van der Waals surface area contributed by atoms with Gasteiger partial charge in [-0.05, 0) is 46.0 Å². The zero-order valence-electron chi connectivity index (χ0n) is 10.8. The molecule has 0 radical (unpaired) electrons. The summed E-state index contributed by atoms with van der Waals surface area (Å²) in [6, 6.07) is 0. The number of nitrogens with two attached hydrogens (primary N) is 1. The molecule has 2 nitrogen and oxygen atoms in total. The first kappa shape index (κ1) is 13.0. The van der Waals surface area contributed by atoms with Crippen molar-refractivity contribution in [3.63, 3.8) is 0 Å². The van der Waals surface area contributed by atoms with Crippen molar-refractivity contribution in [3.05, 3.63) is 0 Å². The third kappa shape index (κ3) is 4.98. The van der Waals surface area contributed by atoms with Crippen LogP contribution in [0.15, 0.2) is 0 Å². The van der Waals surface area contributed by atoms with Gasteiger partial charge < -0.3 is 10.5 Å². The van der Waals surface area contributed by atoms with Crippen molar-refractivity contribution in [2.75, 3.05) is 6.61 Å². The van der Waals surface area contributed by atoms with Crippen LogP contribution in [0.25, 0.3) is 0 Å². The highest BCUT2D eigenvalue weighted by Gasteiger charge is 2.30. The number of ether oxygens (including phenoxy) is 1. The van der Waals surface area contributed by atoms with Gasteiger partial charge in [-0.1, -0.05) is 19.8 Å². The highest BCUT2D eigenvalue weighted by atomic mass is 16.5. The summed E-state index contributed by atoms with van der Waals surface area (Å²) in [6.07, 6.45) is 5.98. The van der Waals surface area contributed by atoms with Crippen molar-refractivity contribution in [2.45, 2.75) is 70.9 Å². The fraction of sp³-hybridized carbons (Fsp3) is 1.00. The van der Waals surface area contributed by atoms with Crippen LogP contribution < -0.4 is 5.73 Å². The first-order valence-electron chi connectivity index (χ1n) is 6.24. The van der Waals surface area contributed by atoms with Crippen molar-refractivity contribution in [1.29, 1.82) is 0 Å². The number of hydrogen-bond acceptors (Lipinski definition) is 2. The summed E-state index contributed by atoms with van der Waals surface area (Å²) in [4.78, 5) is 0. The molecule has 1 rings (SSSR count). The van der Waals surface area contributed by atoms with Crippen molar-refractivity contribution in [2.24, 2.45) is 11.7 Å². The second-order valence-electron chi connectivity index (χ2n) is 6.27. The predicted molar refractivity (Wildman–Crippen MR) is 64.9 cm³/mol. The maximum atomic E-state index is 6.40. The molecular weight excluding hydrogens is 186 g/mol. The Morgan fingerprint density at radius 3 is 2.60 bits per heavy atom. The van der Waals surface area contributed by atoms with Gasteiger partial charge in [0.2, 0.25) is 0 Å². The molecule has 15 heavy (non-hydrogen) atoms. The molecule has 1 saturated carbocycles. The molecule has 0 aromatic rings. The number of rotatable bonds is 3. The standard InChI is InChI=1S/C13H27NO/c1-11-6-5-7-13(14,10-11)8-9-15-12(2,3)4/h11H,5-10,14H2,1-4H3.